The Morgan fingerprint density at radius 2 is 1.69 bits per heavy atom. The summed E-state index contributed by atoms with van der Waals surface area (Å²) in [6.07, 6.45) is 0.493. The van der Waals surface area contributed by atoms with Crippen molar-refractivity contribution in [3.63, 3.8) is 0 Å². The quantitative estimate of drug-likeness (QED) is 0.472. The Kier molecular flexibility index (Phi) is 2.97. The zero-order valence-corrected chi connectivity index (χ0v) is 15.4. The van der Waals surface area contributed by atoms with Gasteiger partial charge < -0.3 is 20.4 Å². The maximum atomic E-state index is 13.1. The molecule has 3 aromatic rings. The van der Waals surface area contributed by atoms with Crippen molar-refractivity contribution in [2.24, 2.45) is 0 Å². The highest BCUT2D eigenvalue weighted by Crippen LogP contribution is 2.64. The molecule has 0 aliphatic heterocycles. The number of benzene rings is 3. The van der Waals surface area contributed by atoms with Crippen LogP contribution in [0, 0.1) is 0 Å². The Hall–Kier alpha value is -3.31. The van der Waals surface area contributed by atoms with Gasteiger partial charge in [-0.05, 0) is 52.3 Å². The van der Waals surface area contributed by atoms with Gasteiger partial charge in [0.25, 0.3) is 0 Å². The number of hydrogen-bond donors (Lipinski definition) is 4. The van der Waals surface area contributed by atoms with Gasteiger partial charge in [-0.2, -0.15) is 0 Å². The summed E-state index contributed by atoms with van der Waals surface area (Å²) >= 11 is 0. The van der Waals surface area contributed by atoms with E-state index >= 15 is 0 Å². The molecule has 144 valence electrons. The molecule has 3 aliphatic carbocycles. The Morgan fingerprint density at radius 3 is 2.52 bits per heavy atom. The largest absolute Gasteiger partial charge is 0.508 e. The monoisotopic (exact) mass is 386 g/mol. The lowest BCUT2D eigenvalue weighted by atomic mass is 9.53. The van der Waals surface area contributed by atoms with Crippen LogP contribution in [0.15, 0.2) is 48.5 Å². The van der Waals surface area contributed by atoms with E-state index in [9.17, 15) is 25.2 Å². The van der Waals surface area contributed by atoms with Gasteiger partial charge in [0.2, 0.25) is 0 Å². The summed E-state index contributed by atoms with van der Waals surface area (Å²) in [6, 6.07) is 13.7. The van der Waals surface area contributed by atoms with E-state index in [-0.39, 0.29) is 40.9 Å². The summed E-state index contributed by atoms with van der Waals surface area (Å²) in [7, 11) is 0. The van der Waals surface area contributed by atoms with Gasteiger partial charge in [-0.25, -0.2) is 0 Å². The van der Waals surface area contributed by atoms with Crippen molar-refractivity contribution in [1.82, 2.24) is 0 Å². The lowest BCUT2D eigenvalue weighted by Crippen LogP contribution is -2.48. The van der Waals surface area contributed by atoms with Crippen LogP contribution in [0.4, 0.5) is 0 Å². The second-order valence-corrected chi connectivity index (χ2v) is 8.32. The summed E-state index contributed by atoms with van der Waals surface area (Å²) < 4.78 is 0. The summed E-state index contributed by atoms with van der Waals surface area (Å²) in [6.45, 7) is 0. The van der Waals surface area contributed by atoms with E-state index in [0.29, 0.717) is 23.1 Å². The third-order valence-corrected chi connectivity index (χ3v) is 6.89. The number of carbonyl (C=O) groups excluding carboxylic acids is 1. The van der Waals surface area contributed by atoms with E-state index in [2.05, 4.69) is 0 Å². The summed E-state index contributed by atoms with van der Waals surface area (Å²) in [4.78, 5) is 13.1. The standard InChI is InChI=1S/C24H18O5/c25-12-5-6-13-14(8-12)15-7-11-3-1-2-4-16(11)24(29)10-19(28)21-18(27)9-17(26)20(13)22(21)23(15)24/h1-6,8-9,15,23,25-27,29H,7,10H2/t15-,23+,24-/m0/s1. The van der Waals surface area contributed by atoms with Crippen LogP contribution in [0.3, 0.4) is 0 Å². The third kappa shape index (κ3) is 1.90. The predicted octanol–water partition coefficient (Wildman–Crippen LogP) is 3.68. The van der Waals surface area contributed by atoms with Crippen molar-refractivity contribution in [3.05, 3.63) is 76.3 Å². The fraction of sp³-hybridized carbons (Fsp3) is 0.208. The lowest BCUT2D eigenvalue weighted by molar-refractivity contribution is -0.0187. The number of carbonyl (C=O) groups is 1. The topological polar surface area (TPSA) is 98.0 Å². The van der Waals surface area contributed by atoms with Crippen LogP contribution in [0.1, 0.15) is 50.9 Å². The average molecular weight is 386 g/mol. The normalized spacial score (nSPS) is 25.8. The SMILES string of the molecule is O=C1C[C@]2(O)c3ccccc3C[C@H]3c4cc(O)ccc4-c4c(O)cc(O)c1c4[C@@H]32. The number of hydrogen-bond acceptors (Lipinski definition) is 5. The molecule has 0 radical (unpaired) electrons. The minimum absolute atomic E-state index is 0.111. The number of ketones is 1. The van der Waals surface area contributed by atoms with Crippen LogP contribution in [-0.2, 0) is 12.0 Å². The molecule has 29 heavy (non-hydrogen) atoms. The van der Waals surface area contributed by atoms with Crippen LogP contribution in [0.25, 0.3) is 11.1 Å². The van der Waals surface area contributed by atoms with E-state index in [1.165, 1.54) is 6.07 Å². The van der Waals surface area contributed by atoms with Gasteiger partial charge in [-0.3, -0.25) is 4.79 Å². The number of phenols is 3. The molecular weight excluding hydrogens is 368 g/mol. The van der Waals surface area contributed by atoms with Crippen molar-refractivity contribution >= 4 is 5.78 Å². The molecule has 3 aliphatic rings. The number of Topliss-reactive ketones (excluding diaryl/α,β-unsaturated/α-hetero) is 1. The Morgan fingerprint density at radius 1 is 0.931 bits per heavy atom. The second-order valence-electron chi connectivity index (χ2n) is 8.32. The van der Waals surface area contributed by atoms with E-state index in [0.717, 1.165) is 16.7 Å². The Bertz CT molecular complexity index is 1240. The number of rotatable bonds is 0. The zero-order valence-electron chi connectivity index (χ0n) is 15.4. The smallest absolute Gasteiger partial charge is 0.170 e. The fourth-order valence-corrected chi connectivity index (χ4v) is 5.89. The summed E-state index contributed by atoms with van der Waals surface area (Å²) in [5.74, 6) is -1.32. The van der Waals surface area contributed by atoms with Crippen molar-refractivity contribution in [3.8, 4) is 28.4 Å². The Labute approximate surface area is 166 Å². The van der Waals surface area contributed by atoms with Gasteiger partial charge in [-0.15, -0.1) is 0 Å². The first kappa shape index (κ1) is 16.6. The highest BCUT2D eigenvalue weighted by Gasteiger charge is 2.57. The minimum Gasteiger partial charge on any atom is -0.508 e. The van der Waals surface area contributed by atoms with Crippen LogP contribution in [0.2, 0.25) is 0 Å². The average Bonchev–Trinajstić information content (AvgIpc) is 2.67. The van der Waals surface area contributed by atoms with Gasteiger partial charge >= 0.3 is 0 Å². The molecule has 0 heterocycles. The molecule has 0 saturated heterocycles. The number of fused-ring (bicyclic) bond motifs is 5. The molecule has 0 unspecified atom stereocenters. The lowest BCUT2D eigenvalue weighted by Gasteiger charge is -2.52. The Balaban J connectivity index is 1.80. The molecule has 6 rings (SSSR count). The van der Waals surface area contributed by atoms with Crippen LogP contribution in [-0.4, -0.2) is 26.2 Å². The highest BCUT2D eigenvalue weighted by atomic mass is 16.3. The van der Waals surface area contributed by atoms with Gasteiger partial charge in [0.1, 0.15) is 22.8 Å². The van der Waals surface area contributed by atoms with Crippen LogP contribution >= 0.6 is 0 Å². The van der Waals surface area contributed by atoms with Gasteiger partial charge in [0, 0.05) is 24.0 Å². The first-order valence-corrected chi connectivity index (χ1v) is 9.66. The van der Waals surface area contributed by atoms with Crippen molar-refractivity contribution in [2.45, 2.75) is 30.3 Å². The molecular formula is C24H18O5. The molecule has 0 saturated carbocycles. The molecule has 0 fully saturated rings. The fourth-order valence-electron chi connectivity index (χ4n) is 5.89. The minimum atomic E-state index is -1.44. The van der Waals surface area contributed by atoms with Crippen LogP contribution < -0.4 is 0 Å². The van der Waals surface area contributed by atoms with Crippen molar-refractivity contribution < 1.29 is 25.2 Å². The molecule has 0 bridgehead atoms. The number of phenolic OH excluding ortho intramolecular Hbond substituents is 3. The first-order valence-electron chi connectivity index (χ1n) is 9.66. The second kappa shape index (κ2) is 5.19. The van der Waals surface area contributed by atoms with Gasteiger partial charge in [-0.1, -0.05) is 30.3 Å². The third-order valence-electron chi connectivity index (χ3n) is 6.89. The number of aliphatic hydroxyl groups is 1. The zero-order chi connectivity index (χ0) is 20.1. The predicted molar refractivity (Wildman–Crippen MR) is 105 cm³/mol. The van der Waals surface area contributed by atoms with Crippen LogP contribution in [0.5, 0.6) is 17.2 Å². The molecule has 4 N–H and O–H groups in total. The highest BCUT2D eigenvalue weighted by molar-refractivity contribution is 6.06. The van der Waals surface area contributed by atoms with Gasteiger partial charge in [0.15, 0.2) is 5.78 Å². The van der Waals surface area contributed by atoms with E-state index in [1.54, 1.807) is 18.2 Å². The molecule has 3 atom stereocenters. The first-order chi connectivity index (χ1) is 13.9. The molecule has 0 spiro atoms. The van der Waals surface area contributed by atoms with Crippen molar-refractivity contribution in [1.29, 1.82) is 0 Å². The summed E-state index contributed by atoms with van der Waals surface area (Å²) in [5, 5.41) is 43.3. The van der Waals surface area contributed by atoms with Gasteiger partial charge in [0.05, 0.1) is 5.56 Å². The molecule has 0 aromatic heterocycles. The van der Waals surface area contributed by atoms with E-state index < -0.39 is 11.5 Å². The maximum absolute atomic E-state index is 13.1. The summed E-state index contributed by atoms with van der Waals surface area (Å²) in [5.41, 5.74) is 2.95. The molecule has 5 nitrogen and oxygen atoms in total. The molecule has 3 aromatic carbocycles. The molecule has 0 amide bonds. The van der Waals surface area contributed by atoms with E-state index in [4.69, 9.17) is 0 Å². The maximum Gasteiger partial charge on any atom is 0.170 e. The van der Waals surface area contributed by atoms with Crippen molar-refractivity contribution in [2.75, 3.05) is 0 Å². The molecule has 5 heteroatoms. The van der Waals surface area contributed by atoms with E-state index in [1.807, 2.05) is 24.3 Å². The number of aromatic hydroxyl groups is 3.